The summed E-state index contributed by atoms with van der Waals surface area (Å²) < 4.78 is 15.9. The monoisotopic (exact) mass is 277 g/mol. The number of benzene rings is 1. The van der Waals surface area contributed by atoms with Gasteiger partial charge in [-0.3, -0.25) is 0 Å². The van der Waals surface area contributed by atoms with Crippen molar-refractivity contribution in [2.24, 2.45) is 5.73 Å². The van der Waals surface area contributed by atoms with Crippen molar-refractivity contribution in [1.82, 2.24) is 10.1 Å². The Hall–Kier alpha value is -2.08. The Kier molecular flexibility index (Phi) is 4.24. The highest BCUT2D eigenvalue weighted by atomic mass is 16.5. The molecule has 0 fully saturated rings. The first-order chi connectivity index (χ1) is 9.62. The summed E-state index contributed by atoms with van der Waals surface area (Å²) in [6.07, 6.45) is 0. The van der Waals surface area contributed by atoms with Crippen LogP contribution in [0, 0.1) is 0 Å². The van der Waals surface area contributed by atoms with E-state index in [9.17, 15) is 0 Å². The van der Waals surface area contributed by atoms with Crippen LogP contribution in [0.3, 0.4) is 0 Å². The van der Waals surface area contributed by atoms with Crippen LogP contribution in [0.2, 0.25) is 0 Å². The van der Waals surface area contributed by atoms with Gasteiger partial charge in [0.15, 0.2) is 11.5 Å². The van der Waals surface area contributed by atoms with Gasteiger partial charge < -0.3 is 19.7 Å². The van der Waals surface area contributed by atoms with Gasteiger partial charge in [0.1, 0.15) is 0 Å². The summed E-state index contributed by atoms with van der Waals surface area (Å²) in [7, 11) is 3.19. The number of rotatable bonds is 5. The lowest BCUT2D eigenvalue weighted by Crippen LogP contribution is -2.01. The molecule has 0 bridgehead atoms. The molecule has 0 aliphatic heterocycles. The zero-order valence-corrected chi connectivity index (χ0v) is 12.1. The van der Waals surface area contributed by atoms with Gasteiger partial charge in [0.25, 0.3) is 0 Å². The van der Waals surface area contributed by atoms with Crippen molar-refractivity contribution in [2.75, 3.05) is 14.2 Å². The summed E-state index contributed by atoms with van der Waals surface area (Å²) in [5.41, 5.74) is 7.36. The molecule has 108 valence electrons. The third-order valence-electron chi connectivity index (χ3n) is 3.07. The van der Waals surface area contributed by atoms with Crippen LogP contribution in [0.5, 0.6) is 11.5 Å². The van der Waals surface area contributed by atoms with Crippen LogP contribution < -0.4 is 15.2 Å². The topological polar surface area (TPSA) is 83.4 Å². The van der Waals surface area contributed by atoms with Gasteiger partial charge in [-0.25, -0.2) is 0 Å². The van der Waals surface area contributed by atoms with E-state index in [1.54, 1.807) is 14.2 Å². The van der Waals surface area contributed by atoms with E-state index < -0.39 is 0 Å². The average Bonchev–Trinajstić information content (AvgIpc) is 2.93. The van der Waals surface area contributed by atoms with E-state index in [4.69, 9.17) is 19.7 Å². The van der Waals surface area contributed by atoms with Crippen molar-refractivity contribution in [3.8, 4) is 22.9 Å². The van der Waals surface area contributed by atoms with Crippen LogP contribution in [0.15, 0.2) is 16.7 Å². The van der Waals surface area contributed by atoms with Gasteiger partial charge in [-0.2, -0.15) is 4.98 Å². The van der Waals surface area contributed by atoms with Crippen molar-refractivity contribution in [1.29, 1.82) is 0 Å². The van der Waals surface area contributed by atoms with Crippen molar-refractivity contribution < 1.29 is 14.0 Å². The molecule has 2 aromatic rings. The maximum Gasteiger partial charge on any atom is 0.240 e. The molecule has 6 heteroatoms. The van der Waals surface area contributed by atoms with Gasteiger partial charge in [0.05, 0.1) is 26.3 Å². The number of hydrogen-bond donors (Lipinski definition) is 1. The number of hydrogen-bond acceptors (Lipinski definition) is 6. The Morgan fingerprint density at radius 2 is 2.00 bits per heavy atom. The third kappa shape index (κ3) is 2.46. The fourth-order valence-corrected chi connectivity index (χ4v) is 2.09. The number of ether oxygens (including phenoxy) is 2. The Labute approximate surface area is 117 Å². The number of nitrogens with zero attached hydrogens (tertiary/aromatic N) is 2. The molecule has 0 spiro atoms. The SMILES string of the molecule is COc1ccc(C(C)C)c(-c2noc(CN)n2)c1OC. The molecule has 0 amide bonds. The van der Waals surface area contributed by atoms with Crippen LogP contribution in [-0.4, -0.2) is 24.4 Å². The van der Waals surface area contributed by atoms with E-state index in [0.717, 1.165) is 11.1 Å². The van der Waals surface area contributed by atoms with Crippen molar-refractivity contribution in [3.63, 3.8) is 0 Å². The highest BCUT2D eigenvalue weighted by Crippen LogP contribution is 2.41. The van der Waals surface area contributed by atoms with Crippen LogP contribution in [0.4, 0.5) is 0 Å². The Morgan fingerprint density at radius 1 is 1.25 bits per heavy atom. The standard InChI is InChI=1S/C14H19N3O3/c1-8(2)9-5-6-10(18-3)13(19-4)12(9)14-16-11(7-15)20-17-14/h5-6,8H,7,15H2,1-4H3. The van der Waals surface area contributed by atoms with Crippen molar-refractivity contribution in [2.45, 2.75) is 26.3 Å². The zero-order chi connectivity index (χ0) is 14.7. The zero-order valence-electron chi connectivity index (χ0n) is 12.1. The summed E-state index contributed by atoms with van der Waals surface area (Å²) in [5, 5.41) is 3.98. The lowest BCUT2D eigenvalue weighted by molar-refractivity contribution is 0.354. The molecule has 0 aliphatic rings. The van der Waals surface area contributed by atoms with Gasteiger partial charge in [0, 0.05) is 0 Å². The van der Waals surface area contributed by atoms with Crippen LogP contribution >= 0.6 is 0 Å². The number of methoxy groups -OCH3 is 2. The Morgan fingerprint density at radius 3 is 2.50 bits per heavy atom. The molecule has 0 aliphatic carbocycles. The molecule has 2 N–H and O–H groups in total. The summed E-state index contributed by atoms with van der Waals surface area (Å²) in [4.78, 5) is 4.29. The van der Waals surface area contributed by atoms with Gasteiger partial charge in [-0.15, -0.1) is 0 Å². The molecule has 0 atom stereocenters. The second kappa shape index (κ2) is 5.92. The highest BCUT2D eigenvalue weighted by molar-refractivity contribution is 5.73. The Bertz CT molecular complexity index is 593. The van der Waals surface area contributed by atoms with Crippen LogP contribution in [-0.2, 0) is 6.54 Å². The van der Waals surface area contributed by atoms with Crippen LogP contribution in [0.1, 0.15) is 31.2 Å². The lowest BCUT2D eigenvalue weighted by atomic mass is 9.95. The van der Waals surface area contributed by atoms with E-state index in [1.165, 1.54) is 0 Å². The number of nitrogens with two attached hydrogens (primary N) is 1. The van der Waals surface area contributed by atoms with E-state index in [-0.39, 0.29) is 12.5 Å². The molecule has 6 nitrogen and oxygen atoms in total. The van der Waals surface area contributed by atoms with E-state index >= 15 is 0 Å². The van der Waals surface area contributed by atoms with Crippen molar-refractivity contribution in [3.05, 3.63) is 23.6 Å². The summed E-state index contributed by atoms with van der Waals surface area (Å²) in [6.45, 7) is 4.39. The fraction of sp³-hybridized carbons (Fsp3) is 0.429. The first-order valence-corrected chi connectivity index (χ1v) is 6.40. The molecule has 0 saturated heterocycles. The molecule has 0 unspecified atom stereocenters. The van der Waals surface area contributed by atoms with Gasteiger partial charge in [-0.1, -0.05) is 25.1 Å². The molecule has 0 saturated carbocycles. The van der Waals surface area contributed by atoms with Crippen molar-refractivity contribution >= 4 is 0 Å². The summed E-state index contributed by atoms with van der Waals surface area (Å²) in [5.74, 6) is 2.36. The van der Waals surface area contributed by atoms with E-state index in [2.05, 4.69) is 24.0 Å². The minimum absolute atomic E-state index is 0.205. The first-order valence-electron chi connectivity index (χ1n) is 6.40. The minimum Gasteiger partial charge on any atom is -0.493 e. The molecule has 1 aromatic carbocycles. The second-order valence-electron chi connectivity index (χ2n) is 4.64. The maximum absolute atomic E-state index is 5.51. The van der Waals surface area contributed by atoms with Gasteiger partial charge in [-0.05, 0) is 17.5 Å². The average molecular weight is 277 g/mol. The normalized spacial score (nSPS) is 10.9. The quantitative estimate of drug-likeness (QED) is 0.903. The second-order valence-corrected chi connectivity index (χ2v) is 4.64. The third-order valence-corrected chi connectivity index (χ3v) is 3.07. The first kappa shape index (κ1) is 14.3. The highest BCUT2D eigenvalue weighted by Gasteiger charge is 2.22. The molecule has 1 aromatic heterocycles. The number of aromatic nitrogens is 2. The maximum atomic E-state index is 5.51. The molecule has 2 rings (SSSR count). The molecule has 1 heterocycles. The predicted octanol–water partition coefficient (Wildman–Crippen LogP) is 2.34. The molecular formula is C14H19N3O3. The fourth-order valence-electron chi connectivity index (χ4n) is 2.09. The minimum atomic E-state index is 0.205. The van der Waals surface area contributed by atoms with Crippen LogP contribution in [0.25, 0.3) is 11.4 Å². The smallest absolute Gasteiger partial charge is 0.240 e. The lowest BCUT2D eigenvalue weighted by Gasteiger charge is -2.16. The van der Waals surface area contributed by atoms with E-state index in [1.807, 2.05) is 12.1 Å². The molecule has 20 heavy (non-hydrogen) atoms. The summed E-state index contributed by atoms with van der Waals surface area (Å²) in [6, 6.07) is 3.86. The van der Waals surface area contributed by atoms with Gasteiger partial charge >= 0.3 is 0 Å². The molecular weight excluding hydrogens is 258 g/mol. The largest absolute Gasteiger partial charge is 0.493 e. The van der Waals surface area contributed by atoms with E-state index in [0.29, 0.717) is 23.2 Å². The summed E-state index contributed by atoms with van der Waals surface area (Å²) >= 11 is 0. The molecule has 0 radical (unpaired) electrons. The Balaban J connectivity index is 2.68. The predicted molar refractivity (Wildman–Crippen MR) is 74.8 cm³/mol. The van der Waals surface area contributed by atoms with Gasteiger partial charge in [0.2, 0.25) is 11.7 Å².